The van der Waals surface area contributed by atoms with Gasteiger partial charge in [0.05, 0.1) is 16.0 Å². The SMILES string of the molecule is CCC(C)Nc1ccc([N+](=O)[O-])c2cccnc12. The highest BCUT2D eigenvalue weighted by Crippen LogP contribution is 2.30. The van der Waals surface area contributed by atoms with Crippen LogP contribution < -0.4 is 5.32 Å². The van der Waals surface area contributed by atoms with E-state index in [1.807, 2.05) is 0 Å². The van der Waals surface area contributed by atoms with Gasteiger partial charge in [0.1, 0.15) is 5.52 Å². The average Bonchev–Trinajstić information content (AvgIpc) is 2.38. The molecule has 0 radical (unpaired) electrons. The molecule has 1 aromatic carbocycles. The fraction of sp³-hybridized carbons (Fsp3) is 0.308. The van der Waals surface area contributed by atoms with Crippen molar-refractivity contribution in [1.82, 2.24) is 4.98 Å². The summed E-state index contributed by atoms with van der Waals surface area (Å²) in [5.74, 6) is 0. The Kier molecular flexibility index (Phi) is 3.41. The molecule has 0 bridgehead atoms. The third-order valence-electron chi connectivity index (χ3n) is 2.96. The zero-order valence-electron chi connectivity index (χ0n) is 10.4. The lowest BCUT2D eigenvalue weighted by Gasteiger charge is -2.14. The van der Waals surface area contributed by atoms with Gasteiger partial charge in [-0.2, -0.15) is 0 Å². The number of aromatic nitrogens is 1. The predicted octanol–water partition coefficient (Wildman–Crippen LogP) is 3.35. The van der Waals surface area contributed by atoms with Crippen LogP contribution in [0.2, 0.25) is 0 Å². The zero-order valence-corrected chi connectivity index (χ0v) is 10.4. The van der Waals surface area contributed by atoms with Crippen molar-refractivity contribution in [3.05, 3.63) is 40.6 Å². The van der Waals surface area contributed by atoms with Crippen molar-refractivity contribution in [3.8, 4) is 0 Å². The summed E-state index contributed by atoms with van der Waals surface area (Å²) >= 11 is 0. The maximum atomic E-state index is 11.0. The Bertz CT molecular complexity index is 583. The van der Waals surface area contributed by atoms with E-state index in [0.717, 1.165) is 12.1 Å². The lowest BCUT2D eigenvalue weighted by Crippen LogP contribution is -2.13. The number of benzene rings is 1. The summed E-state index contributed by atoms with van der Waals surface area (Å²) in [4.78, 5) is 14.8. The first-order chi connectivity index (χ1) is 8.63. The molecule has 1 N–H and O–H groups in total. The number of fused-ring (bicyclic) bond motifs is 1. The number of hydrogen-bond donors (Lipinski definition) is 1. The fourth-order valence-electron chi connectivity index (χ4n) is 1.80. The number of nitro groups is 1. The monoisotopic (exact) mass is 245 g/mol. The van der Waals surface area contributed by atoms with Crippen molar-refractivity contribution in [2.75, 3.05) is 5.32 Å². The lowest BCUT2D eigenvalue weighted by molar-refractivity contribution is -0.383. The van der Waals surface area contributed by atoms with Crippen LogP contribution >= 0.6 is 0 Å². The molecule has 2 aromatic rings. The Hall–Kier alpha value is -2.17. The molecule has 0 fully saturated rings. The van der Waals surface area contributed by atoms with Crippen LogP contribution in [0, 0.1) is 10.1 Å². The number of nitrogens with one attached hydrogen (secondary N) is 1. The maximum absolute atomic E-state index is 11.0. The molecular weight excluding hydrogens is 230 g/mol. The molecule has 18 heavy (non-hydrogen) atoms. The highest BCUT2D eigenvalue weighted by Gasteiger charge is 2.15. The number of non-ortho nitro benzene ring substituents is 1. The number of nitro benzene ring substituents is 1. The zero-order chi connectivity index (χ0) is 13.1. The van der Waals surface area contributed by atoms with Crippen molar-refractivity contribution in [2.24, 2.45) is 0 Å². The summed E-state index contributed by atoms with van der Waals surface area (Å²) in [5, 5.41) is 14.8. The van der Waals surface area contributed by atoms with Crippen LogP contribution in [0.3, 0.4) is 0 Å². The third-order valence-corrected chi connectivity index (χ3v) is 2.96. The van der Waals surface area contributed by atoms with Crippen LogP contribution in [-0.2, 0) is 0 Å². The number of hydrogen-bond acceptors (Lipinski definition) is 4. The largest absolute Gasteiger partial charge is 0.381 e. The third kappa shape index (κ3) is 2.25. The van der Waals surface area contributed by atoms with Gasteiger partial charge in [-0.25, -0.2) is 0 Å². The van der Waals surface area contributed by atoms with E-state index in [4.69, 9.17) is 0 Å². The van der Waals surface area contributed by atoms with Crippen molar-refractivity contribution in [1.29, 1.82) is 0 Å². The molecule has 1 aromatic heterocycles. The van der Waals surface area contributed by atoms with Gasteiger partial charge in [0.2, 0.25) is 0 Å². The summed E-state index contributed by atoms with van der Waals surface area (Å²) in [6.07, 6.45) is 2.62. The normalized spacial score (nSPS) is 12.3. The Morgan fingerprint density at radius 1 is 1.44 bits per heavy atom. The van der Waals surface area contributed by atoms with E-state index in [1.165, 1.54) is 6.07 Å². The quantitative estimate of drug-likeness (QED) is 0.662. The molecule has 5 nitrogen and oxygen atoms in total. The van der Waals surface area contributed by atoms with Gasteiger partial charge in [-0.3, -0.25) is 15.1 Å². The van der Waals surface area contributed by atoms with Gasteiger partial charge in [0.25, 0.3) is 5.69 Å². The van der Waals surface area contributed by atoms with Gasteiger partial charge in [0, 0.05) is 18.3 Å². The van der Waals surface area contributed by atoms with E-state index in [-0.39, 0.29) is 10.6 Å². The first-order valence-electron chi connectivity index (χ1n) is 5.92. The lowest BCUT2D eigenvalue weighted by atomic mass is 10.1. The molecule has 1 unspecified atom stereocenters. The summed E-state index contributed by atoms with van der Waals surface area (Å²) < 4.78 is 0. The van der Waals surface area contributed by atoms with Crippen LogP contribution in [0.5, 0.6) is 0 Å². The molecule has 0 saturated heterocycles. The highest BCUT2D eigenvalue weighted by atomic mass is 16.6. The summed E-state index contributed by atoms with van der Waals surface area (Å²) in [6, 6.07) is 6.98. The first-order valence-corrected chi connectivity index (χ1v) is 5.92. The molecule has 1 heterocycles. The smallest absolute Gasteiger partial charge is 0.278 e. The van der Waals surface area contributed by atoms with Crippen molar-refractivity contribution in [3.63, 3.8) is 0 Å². The van der Waals surface area contributed by atoms with Crippen molar-refractivity contribution < 1.29 is 4.92 Å². The van der Waals surface area contributed by atoms with Gasteiger partial charge < -0.3 is 5.32 Å². The van der Waals surface area contributed by atoms with Crippen LogP contribution in [0.25, 0.3) is 10.9 Å². The molecule has 0 saturated carbocycles. The summed E-state index contributed by atoms with van der Waals surface area (Å²) in [7, 11) is 0. The minimum atomic E-state index is -0.378. The van der Waals surface area contributed by atoms with Gasteiger partial charge in [-0.1, -0.05) is 6.92 Å². The minimum Gasteiger partial charge on any atom is -0.381 e. The molecular formula is C13H15N3O2. The maximum Gasteiger partial charge on any atom is 0.278 e. The molecule has 0 amide bonds. The van der Waals surface area contributed by atoms with Gasteiger partial charge in [-0.15, -0.1) is 0 Å². The summed E-state index contributed by atoms with van der Waals surface area (Å²) in [5.41, 5.74) is 1.57. The number of nitrogens with zero attached hydrogens (tertiary/aromatic N) is 2. The Morgan fingerprint density at radius 2 is 2.22 bits per heavy atom. The van der Waals surface area contributed by atoms with Gasteiger partial charge in [0.15, 0.2) is 0 Å². The van der Waals surface area contributed by atoms with Gasteiger partial charge in [-0.05, 0) is 31.5 Å². The van der Waals surface area contributed by atoms with E-state index in [1.54, 1.807) is 24.4 Å². The molecule has 0 aliphatic heterocycles. The van der Waals surface area contributed by atoms with Crippen molar-refractivity contribution in [2.45, 2.75) is 26.3 Å². The minimum absolute atomic E-state index is 0.0906. The topological polar surface area (TPSA) is 68.1 Å². The van der Waals surface area contributed by atoms with Crippen LogP contribution in [0.1, 0.15) is 20.3 Å². The highest BCUT2D eigenvalue weighted by molar-refractivity contribution is 5.96. The average molecular weight is 245 g/mol. The van der Waals surface area contributed by atoms with Gasteiger partial charge >= 0.3 is 0 Å². The molecule has 94 valence electrons. The van der Waals surface area contributed by atoms with Crippen LogP contribution in [0.15, 0.2) is 30.5 Å². The Balaban J connectivity index is 2.57. The van der Waals surface area contributed by atoms with Crippen LogP contribution in [0.4, 0.5) is 11.4 Å². The molecule has 1 atom stereocenters. The number of rotatable bonds is 4. The molecule has 0 aliphatic rings. The second-order valence-corrected chi connectivity index (χ2v) is 4.24. The van der Waals surface area contributed by atoms with E-state index in [0.29, 0.717) is 16.9 Å². The Labute approximate surface area is 105 Å². The van der Waals surface area contributed by atoms with E-state index < -0.39 is 0 Å². The predicted molar refractivity (Wildman–Crippen MR) is 71.8 cm³/mol. The van der Waals surface area contributed by atoms with E-state index in [9.17, 15) is 10.1 Å². The van der Waals surface area contributed by atoms with E-state index in [2.05, 4.69) is 24.1 Å². The summed E-state index contributed by atoms with van der Waals surface area (Å²) in [6.45, 7) is 4.15. The number of anilines is 1. The second-order valence-electron chi connectivity index (χ2n) is 4.24. The van der Waals surface area contributed by atoms with Crippen LogP contribution in [-0.4, -0.2) is 15.9 Å². The molecule has 0 spiro atoms. The Morgan fingerprint density at radius 3 is 2.89 bits per heavy atom. The number of pyridine rings is 1. The van der Waals surface area contributed by atoms with Crippen molar-refractivity contribution >= 4 is 22.3 Å². The van der Waals surface area contributed by atoms with E-state index >= 15 is 0 Å². The molecule has 0 aliphatic carbocycles. The fourth-order valence-corrected chi connectivity index (χ4v) is 1.80. The molecule has 5 heteroatoms. The second kappa shape index (κ2) is 5.00. The first kappa shape index (κ1) is 12.3. The standard InChI is InChI=1S/C13H15N3O2/c1-3-9(2)15-11-6-7-12(16(17)18)10-5-4-8-14-13(10)11/h4-9,15H,3H2,1-2H3. The molecule has 2 rings (SSSR count).